The van der Waals surface area contributed by atoms with Gasteiger partial charge in [0.05, 0.1) is 0 Å². The van der Waals surface area contributed by atoms with E-state index < -0.39 is 14.8 Å². The third kappa shape index (κ3) is 3.68. The monoisotopic (exact) mass is 206 g/mol. The lowest BCUT2D eigenvalue weighted by Gasteiger charge is -2.23. The zero-order valence-corrected chi connectivity index (χ0v) is 9.03. The first-order valence-electron chi connectivity index (χ1n) is 3.58. The van der Waals surface area contributed by atoms with Gasteiger partial charge >= 0.3 is 14.8 Å². The molecule has 0 rings (SSSR count). The van der Waals surface area contributed by atoms with Gasteiger partial charge in [-0.1, -0.05) is 6.58 Å². The molecule has 6 heteroatoms. The predicted molar refractivity (Wildman–Crippen MR) is 47.9 cm³/mol. The van der Waals surface area contributed by atoms with Gasteiger partial charge < -0.3 is 18.0 Å². The van der Waals surface area contributed by atoms with E-state index in [1.165, 1.54) is 21.3 Å². The zero-order valence-electron chi connectivity index (χ0n) is 8.03. The van der Waals surface area contributed by atoms with Gasteiger partial charge in [-0.3, -0.25) is 0 Å². The van der Waals surface area contributed by atoms with Gasteiger partial charge in [0.15, 0.2) is 6.23 Å². The van der Waals surface area contributed by atoms with E-state index in [1.807, 2.05) is 0 Å². The molecule has 0 spiro atoms. The van der Waals surface area contributed by atoms with E-state index in [4.69, 9.17) is 18.0 Å². The van der Waals surface area contributed by atoms with Gasteiger partial charge in [0.2, 0.25) is 0 Å². The molecule has 0 aromatic carbocycles. The van der Waals surface area contributed by atoms with Crippen molar-refractivity contribution in [3.63, 3.8) is 0 Å². The van der Waals surface area contributed by atoms with Gasteiger partial charge in [-0.15, -0.1) is 0 Å². The first-order valence-corrected chi connectivity index (χ1v) is 5.52. The number of carbonyl (C=O) groups excluding carboxylic acids is 1. The highest BCUT2D eigenvalue weighted by atomic mass is 28.4. The standard InChI is InChI=1S/C7H14O5Si/c1-5-7(8)12-6-13(9-2,10-3)11-4/h5H,1,6H2,2-4H3. The lowest BCUT2D eigenvalue weighted by atomic mass is 10.7. The molecule has 0 N–H and O–H groups in total. The summed E-state index contributed by atoms with van der Waals surface area (Å²) >= 11 is 0. The topological polar surface area (TPSA) is 54.0 Å². The van der Waals surface area contributed by atoms with Gasteiger partial charge in [-0.25, -0.2) is 4.79 Å². The molecular formula is C7H14O5Si. The maximum absolute atomic E-state index is 10.7. The summed E-state index contributed by atoms with van der Waals surface area (Å²) in [5.41, 5.74) is 0. The van der Waals surface area contributed by atoms with E-state index in [0.29, 0.717) is 0 Å². The van der Waals surface area contributed by atoms with Crippen LogP contribution in [-0.4, -0.2) is 42.3 Å². The second kappa shape index (κ2) is 5.87. The first kappa shape index (κ1) is 12.3. The quantitative estimate of drug-likeness (QED) is 0.351. The van der Waals surface area contributed by atoms with Crippen molar-refractivity contribution < 1.29 is 22.8 Å². The Labute approximate surface area is 78.6 Å². The van der Waals surface area contributed by atoms with E-state index in [0.717, 1.165) is 6.08 Å². The van der Waals surface area contributed by atoms with Crippen LogP contribution in [0.25, 0.3) is 0 Å². The minimum atomic E-state index is -2.79. The van der Waals surface area contributed by atoms with Crippen molar-refractivity contribution in [3.8, 4) is 0 Å². The molecule has 0 unspecified atom stereocenters. The van der Waals surface area contributed by atoms with Crippen LogP contribution in [0.15, 0.2) is 12.7 Å². The molecule has 0 aliphatic heterocycles. The van der Waals surface area contributed by atoms with Crippen LogP contribution >= 0.6 is 0 Å². The lowest BCUT2D eigenvalue weighted by molar-refractivity contribution is -0.137. The van der Waals surface area contributed by atoms with E-state index >= 15 is 0 Å². The molecule has 5 nitrogen and oxygen atoms in total. The zero-order chi connectivity index (χ0) is 10.3. The molecule has 0 aliphatic rings. The fraction of sp³-hybridized carbons (Fsp3) is 0.571. The summed E-state index contributed by atoms with van der Waals surface area (Å²) in [6, 6.07) is 0. The molecule has 0 heterocycles. The van der Waals surface area contributed by atoms with Crippen LogP contribution in [0.4, 0.5) is 0 Å². The molecule has 0 atom stereocenters. The Hall–Kier alpha value is -0.693. The summed E-state index contributed by atoms with van der Waals surface area (Å²) in [4.78, 5) is 10.7. The molecule has 0 saturated carbocycles. The lowest BCUT2D eigenvalue weighted by Crippen LogP contribution is -2.48. The maximum atomic E-state index is 10.7. The van der Waals surface area contributed by atoms with Crippen LogP contribution in [-0.2, 0) is 22.8 Å². The SMILES string of the molecule is C=CC(=O)OC[Si](OC)(OC)OC. The summed E-state index contributed by atoms with van der Waals surface area (Å²) in [6.45, 7) is 3.26. The Morgan fingerprint density at radius 2 is 1.77 bits per heavy atom. The van der Waals surface area contributed by atoms with Gasteiger partial charge in [-0.2, -0.15) is 0 Å². The predicted octanol–water partition coefficient (Wildman–Crippen LogP) is 0.133. The minimum absolute atomic E-state index is 0.0125. The second-order valence-electron chi connectivity index (χ2n) is 2.11. The molecule has 0 radical (unpaired) electrons. The second-order valence-corrected chi connectivity index (χ2v) is 4.99. The van der Waals surface area contributed by atoms with Gasteiger partial charge in [0, 0.05) is 27.4 Å². The number of hydrogen-bond acceptors (Lipinski definition) is 5. The number of carbonyl (C=O) groups is 1. The highest BCUT2D eigenvalue weighted by Gasteiger charge is 2.39. The van der Waals surface area contributed by atoms with Crippen molar-refractivity contribution in [2.24, 2.45) is 0 Å². The van der Waals surface area contributed by atoms with Crippen LogP contribution in [0.3, 0.4) is 0 Å². The molecule has 13 heavy (non-hydrogen) atoms. The highest BCUT2D eigenvalue weighted by molar-refractivity contribution is 6.60. The van der Waals surface area contributed by atoms with E-state index in [-0.39, 0.29) is 6.23 Å². The molecule has 0 aromatic rings. The molecule has 0 fully saturated rings. The third-order valence-electron chi connectivity index (χ3n) is 1.49. The summed E-state index contributed by atoms with van der Waals surface area (Å²) < 4.78 is 19.8. The van der Waals surface area contributed by atoms with Crippen molar-refractivity contribution >= 4 is 14.8 Å². The number of esters is 1. The average Bonchev–Trinajstić information content (AvgIpc) is 2.20. The van der Waals surface area contributed by atoms with Crippen LogP contribution in [0.5, 0.6) is 0 Å². The molecule has 0 saturated heterocycles. The van der Waals surface area contributed by atoms with Gasteiger partial charge in [0.1, 0.15) is 0 Å². The summed E-state index contributed by atoms with van der Waals surface area (Å²) in [5.74, 6) is -0.525. The van der Waals surface area contributed by atoms with Crippen molar-refractivity contribution in [3.05, 3.63) is 12.7 Å². The largest absolute Gasteiger partial charge is 0.539 e. The van der Waals surface area contributed by atoms with Gasteiger partial charge in [0.25, 0.3) is 0 Å². The fourth-order valence-electron chi connectivity index (χ4n) is 0.645. The molecule has 0 amide bonds. The average molecular weight is 206 g/mol. The molecule has 0 aromatic heterocycles. The molecule has 76 valence electrons. The van der Waals surface area contributed by atoms with E-state index in [1.54, 1.807) is 0 Å². The smallest absolute Gasteiger partial charge is 0.458 e. The third-order valence-corrected chi connectivity index (χ3v) is 3.85. The Morgan fingerprint density at radius 1 is 1.31 bits per heavy atom. The van der Waals surface area contributed by atoms with Gasteiger partial charge in [-0.05, 0) is 0 Å². The Kier molecular flexibility index (Phi) is 5.56. The van der Waals surface area contributed by atoms with Crippen LogP contribution < -0.4 is 0 Å². The van der Waals surface area contributed by atoms with Crippen molar-refractivity contribution in [1.82, 2.24) is 0 Å². The van der Waals surface area contributed by atoms with Crippen molar-refractivity contribution in [2.75, 3.05) is 27.6 Å². The summed E-state index contributed by atoms with van der Waals surface area (Å²) in [5, 5.41) is 0. The molecular weight excluding hydrogens is 192 g/mol. The van der Waals surface area contributed by atoms with E-state index in [2.05, 4.69) is 6.58 Å². The Balaban J connectivity index is 4.09. The molecule has 0 bridgehead atoms. The van der Waals surface area contributed by atoms with E-state index in [9.17, 15) is 4.79 Å². The van der Waals surface area contributed by atoms with Crippen LogP contribution in [0.1, 0.15) is 0 Å². The number of rotatable bonds is 6. The summed E-state index contributed by atoms with van der Waals surface area (Å²) in [7, 11) is 1.55. The van der Waals surface area contributed by atoms with Crippen LogP contribution in [0.2, 0.25) is 0 Å². The highest BCUT2D eigenvalue weighted by Crippen LogP contribution is 2.06. The number of ether oxygens (including phenoxy) is 1. The maximum Gasteiger partial charge on any atom is 0.539 e. The normalized spacial score (nSPS) is 11.0. The van der Waals surface area contributed by atoms with Crippen molar-refractivity contribution in [1.29, 1.82) is 0 Å². The summed E-state index contributed by atoms with van der Waals surface area (Å²) in [6.07, 6.45) is 1.06. The molecule has 0 aliphatic carbocycles. The fourth-order valence-corrected chi connectivity index (χ4v) is 1.82. The van der Waals surface area contributed by atoms with Crippen molar-refractivity contribution in [2.45, 2.75) is 0 Å². The first-order chi connectivity index (χ1) is 6.14. The van der Waals surface area contributed by atoms with Crippen LogP contribution in [0, 0.1) is 0 Å². The Morgan fingerprint density at radius 3 is 2.08 bits per heavy atom. The Bertz CT molecular complexity index is 169. The minimum Gasteiger partial charge on any atom is -0.458 e. The number of hydrogen-bond donors (Lipinski definition) is 0.